The van der Waals surface area contributed by atoms with Crippen LogP contribution in [0.15, 0.2) is 12.3 Å². The average Bonchev–Trinajstić information content (AvgIpc) is 2.97. The molecule has 0 aromatic carbocycles. The number of aromatic nitrogens is 2. The number of amides is 1. The molecule has 1 amide bonds. The molecular formula is C15H24N4O3. The lowest BCUT2D eigenvalue weighted by Gasteiger charge is -2.42. The van der Waals surface area contributed by atoms with Gasteiger partial charge in [0, 0.05) is 32.4 Å². The van der Waals surface area contributed by atoms with E-state index in [4.69, 9.17) is 4.74 Å². The lowest BCUT2D eigenvalue weighted by atomic mass is 9.86. The number of hydrogen-bond donors (Lipinski definition) is 2. The van der Waals surface area contributed by atoms with E-state index in [0.29, 0.717) is 18.9 Å². The molecule has 2 heterocycles. The molecule has 1 aromatic rings. The minimum absolute atomic E-state index is 0.103. The molecule has 0 spiro atoms. The van der Waals surface area contributed by atoms with Gasteiger partial charge >= 0.3 is 0 Å². The Morgan fingerprint density at radius 2 is 2.18 bits per heavy atom. The van der Waals surface area contributed by atoms with E-state index < -0.39 is 6.10 Å². The smallest absolute Gasteiger partial charge is 0.272 e. The first-order valence-corrected chi connectivity index (χ1v) is 7.95. The number of nitrogens with zero attached hydrogens (tertiary/aromatic N) is 3. The summed E-state index contributed by atoms with van der Waals surface area (Å²) in [5.74, 6) is -0.215. The molecule has 2 aliphatic rings. The molecule has 3 rings (SSSR count). The van der Waals surface area contributed by atoms with Gasteiger partial charge in [-0.3, -0.25) is 14.4 Å². The van der Waals surface area contributed by atoms with Crippen LogP contribution >= 0.6 is 0 Å². The fraction of sp³-hybridized carbons (Fsp3) is 0.733. The van der Waals surface area contributed by atoms with E-state index in [1.807, 2.05) is 0 Å². The van der Waals surface area contributed by atoms with Crippen LogP contribution in [0, 0.1) is 0 Å². The van der Waals surface area contributed by atoms with Crippen LogP contribution in [-0.2, 0) is 11.8 Å². The van der Waals surface area contributed by atoms with Gasteiger partial charge in [0.25, 0.3) is 5.91 Å². The van der Waals surface area contributed by atoms with Crippen LogP contribution in [0.3, 0.4) is 0 Å². The standard InChI is InChI=1S/C15H24N4O3/c1-18-6-5-12(17-18)15(21)16-11-3-2-4-13(14(11)20)19-7-9-22-10-8-19/h5-6,11,13-14,20H,2-4,7-10H2,1H3,(H,16,21)/t11-,13-,14-/m1/s1. The molecule has 2 N–H and O–H groups in total. The Bertz CT molecular complexity index is 513. The van der Waals surface area contributed by atoms with Crippen LogP contribution < -0.4 is 5.32 Å². The van der Waals surface area contributed by atoms with Crippen LogP contribution in [0.1, 0.15) is 29.8 Å². The maximum absolute atomic E-state index is 12.2. The Morgan fingerprint density at radius 1 is 1.41 bits per heavy atom. The second-order valence-electron chi connectivity index (χ2n) is 6.09. The van der Waals surface area contributed by atoms with Gasteiger partial charge in [-0.1, -0.05) is 0 Å². The summed E-state index contributed by atoms with van der Waals surface area (Å²) in [6.45, 7) is 3.13. The predicted molar refractivity (Wildman–Crippen MR) is 80.5 cm³/mol. The molecule has 0 bridgehead atoms. The van der Waals surface area contributed by atoms with E-state index in [0.717, 1.165) is 32.4 Å². The lowest BCUT2D eigenvalue weighted by molar-refractivity contribution is -0.0459. The molecule has 7 heteroatoms. The third-order valence-electron chi connectivity index (χ3n) is 4.60. The Labute approximate surface area is 130 Å². The Hall–Kier alpha value is -1.44. The van der Waals surface area contributed by atoms with Crippen molar-refractivity contribution in [2.24, 2.45) is 7.05 Å². The molecule has 2 fully saturated rings. The average molecular weight is 308 g/mol. The van der Waals surface area contributed by atoms with Crippen molar-refractivity contribution in [2.75, 3.05) is 26.3 Å². The zero-order valence-corrected chi connectivity index (χ0v) is 12.9. The second-order valence-corrected chi connectivity index (χ2v) is 6.09. The monoisotopic (exact) mass is 308 g/mol. The molecule has 1 aliphatic carbocycles. The zero-order valence-electron chi connectivity index (χ0n) is 12.9. The first-order chi connectivity index (χ1) is 10.6. The predicted octanol–water partition coefficient (Wildman–Crippen LogP) is -0.236. The summed E-state index contributed by atoms with van der Waals surface area (Å²) in [7, 11) is 1.78. The van der Waals surface area contributed by atoms with Gasteiger partial charge in [-0.15, -0.1) is 0 Å². The number of nitrogens with one attached hydrogen (secondary N) is 1. The van der Waals surface area contributed by atoms with E-state index in [2.05, 4.69) is 15.3 Å². The second kappa shape index (κ2) is 6.76. The highest BCUT2D eigenvalue weighted by molar-refractivity contribution is 5.92. The Kier molecular flexibility index (Phi) is 4.75. The highest BCUT2D eigenvalue weighted by atomic mass is 16.5. The highest BCUT2D eigenvalue weighted by Crippen LogP contribution is 2.24. The van der Waals surface area contributed by atoms with Crippen molar-refractivity contribution in [1.29, 1.82) is 0 Å². The summed E-state index contributed by atoms with van der Waals surface area (Å²) in [5, 5.41) is 17.7. The maximum Gasteiger partial charge on any atom is 0.272 e. The van der Waals surface area contributed by atoms with E-state index in [1.54, 1.807) is 24.0 Å². The fourth-order valence-corrected chi connectivity index (χ4v) is 3.40. The lowest BCUT2D eigenvalue weighted by Crippen LogP contribution is -2.58. The number of ether oxygens (including phenoxy) is 1. The van der Waals surface area contributed by atoms with Gasteiger partial charge in [0.15, 0.2) is 0 Å². The van der Waals surface area contributed by atoms with Crippen LogP contribution in [0.4, 0.5) is 0 Å². The fourth-order valence-electron chi connectivity index (χ4n) is 3.40. The number of hydrogen-bond acceptors (Lipinski definition) is 5. The van der Waals surface area contributed by atoms with Gasteiger partial charge in [-0.05, 0) is 25.3 Å². The minimum atomic E-state index is -0.542. The highest BCUT2D eigenvalue weighted by Gasteiger charge is 2.36. The third kappa shape index (κ3) is 3.31. The summed E-state index contributed by atoms with van der Waals surface area (Å²) in [6.07, 6.45) is 3.98. The van der Waals surface area contributed by atoms with Crippen molar-refractivity contribution >= 4 is 5.91 Å². The van der Waals surface area contributed by atoms with Gasteiger partial charge in [-0.2, -0.15) is 5.10 Å². The van der Waals surface area contributed by atoms with Crippen LogP contribution in [-0.4, -0.2) is 70.2 Å². The molecule has 122 valence electrons. The molecule has 3 atom stereocenters. The molecule has 1 saturated heterocycles. The molecule has 0 radical (unpaired) electrons. The van der Waals surface area contributed by atoms with Gasteiger partial charge < -0.3 is 15.2 Å². The number of aryl methyl sites for hydroxylation is 1. The molecule has 1 aromatic heterocycles. The summed E-state index contributed by atoms with van der Waals surface area (Å²) >= 11 is 0. The quantitative estimate of drug-likeness (QED) is 0.806. The van der Waals surface area contributed by atoms with Crippen LogP contribution in [0.25, 0.3) is 0 Å². The molecule has 22 heavy (non-hydrogen) atoms. The van der Waals surface area contributed by atoms with E-state index in [9.17, 15) is 9.90 Å². The van der Waals surface area contributed by atoms with E-state index in [1.165, 1.54) is 0 Å². The molecule has 1 saturated carbocycles. The summed E-state index contributed by atoms with van der Waals surface area (Å²) in [6, 6.07) is 1.58. The van der Waals surface area contributed by atoms with Gasteiger partial charge in [0.1, 0.15) is 5.69 Å². The molecule has 7 nitrogen and oxygen atoms in total. The summed E-state index contributed by atoms with van der Waals surface area (Å²) in [4.78, 5) is 14.5. The first kappa shape index (κ1) is 15.5. The SMILES string of the molecule is Cn1ccc(C(=O)N[C@@H]2CCC[C@@H](N3CCOCC3)[C@@H]2O)n1. The number of rotatable bonds is 3. The van der Waals surface area contributed by atoms with Crippen LogP contribution in [0.2, 0.25) is 0 Å². The Morgan fingerprint density at radius 3 is 2.86 bits per heavy atom. The maximum atomic E-state index is 12.2. The number of aliphatic hydroxyl groups excluding tert-OH is 1. The van der Waals surface area contributed by atoms with Crippen molar-refractivity contribution in [1.82, 2.24) is 20.0 Å². The topological polar surface area (TPSA) is 79.6 Å². The van der Waals surface area contributed by atoms with Gasteiger partial charge in [0.2, 0.25) is 0 Å². The Balaban J connectivity index is 1.62. The van der Waals surface area contributed by atoms with E-state index >= 15 is 0 Å². The molecular weight excluding hydrogens is 284 g/mol. The van der Waals surface area contributed by atoms with Gasteiger partial charge in [0.05, 0.1) is 25.4 Å². The van der Waals surface area contributed by atoms with Crippen molar-refractivity contribution in [3.63, 3.8) is 0 Å². The summed E-state index contributed by atoms with van der Waals surface area (Å²) < 4.78 is 6.97. The number of aliphatic hydroxyl groups is 1. The van der Waals surface area contributed by atoms with E-state index in [-0.39, 0.29) is 18.0 Å². The van der Waals surface area contributed by atoms with Crippen molar-refractivity contribution in [2.45, 2.75) is 37.5 Å². The number of carbonyl (C=O) groups excluding carboxylic acids is 1. The summed E-state index contributed by atoms with van der Waals surface area (Å²) in [5.41, 5.74) is 0.392. The normalized spacial score (nSPS) is 30.2. The molecule has 0 unspecified atom stereocenters. The minimum Gasteiger partial charge on any atom is -0.389 e. The number of carbonyl (C=O) groups is 1. The van der Waals surface area contributed by atoms with Crippen LogP contribution in [0.5, 0.6) is 0 Å². The zero-order chi connectivity index (χ0) is 15.5. The van der Waals surface area contributed by atoms with Crippen molar-refractivity contribution in [3.05, 3.63) is 18.0 Å². The third-order valence-corrected chi connectivity index (χ3v) is 4.60. The largest absolute Gasteiger partial charge is 0.389 e. The molecule has 1 aliphatic heterocycles. The van der Waals surface area contributed by atoms with Crippen molar-refractivity contribution in [3.8, 4) is 0 Å². The number of morpholine rings is 1. The first-order valence-electron chi connectivity index (χ1n) is 7.95. The van der Waals surface area contributed by atoms with Gasteiger partial charge in [-0.25, -0.2) is 0 Å². The van der Waals surface area contributed by atoms with Crippen molar-refractivity contribution < 1.29 is 14.6 Å².